The van der Waals surface area contributed by atoms with Gasteiger partial charge in [-0.05, 0) is 35.7 Å². The molecule has 0 radical (unpaired) electrons. The van der Waals surface area contributed by atoms with Crippen LogP contribution >= 0.6 is 11.3 Å². The Bertz CT molecular complexity index is 837. The van der Waals surface area contributed by atoms with Gasteiger partial charge in [0, 0.05) is 6.07 Å². The van der Waals surface area contributed by atoms with E-state index >= 15 is 0 Å². The molecule has 2 aromatic heterocycles. The Morgan fingerprint density at radius 3 is 2.62 bits per heavy atom. The second-order valence-electron chi connectivity index (χ2n) is 4.37. The number of benzene rings is 1. The molecule has 0 aliphatic heterocycles. The van der Waals surface area contributed by atoms with Crippen molar-refractivity contribution in [2.45, 2.75) is 10.6 Å². The molecule has 0 spiro atoms. The quantitative estimate of drug-likeness (QED) is 0.689. The van der Waals surface area contributed by atoms with Gasteiger partial charge in [0.2, 0.25) is 0 Å². The fourth-order valence-electron chi connectivity index (χ4n) is 1.83. The monoisotopic (exact) mass is 323 g/mol. The molecule has 0 aliphatic rings. The zero-order valence-electron chi connectivity index (χ0n) is 10.7. The highest BCUT2D eigenvalue weighted by atomic mass is 32.2. The number of hydrogen-bond donors (Lipinski definition) is 0. The zero-order chi connectivity index (χ0) is 14.9. The summed E-state index contributed by atoms with van der Waals surface area (Å²) in [6.07, 6.45) is 0. The van der Waals surface area contributed by atoms with Crippen molar-refractivity contribution in [3.8, 4) is 10.6 Å². The Labute approximate surface area is 124 Å². The van der Waals surface area contributed by atoms with E-state index in [9.17, 15) is 12.8 Å². The van der Waals surface area contributed by atoms with Gasteiger partial charge in [0.25, 0.3) is 0 Å². The van der Waals surface area contributed by atoms with Gasteiger partial charge < -0.3 is 4.52 Å². The van der Waals surface area contributed by atoms with E-state index in [-0.39, 0.29) is 10.6 Å². The van der Waals surface area contributed by atoms with Crippen LogP contribution in [0.5, 0.6) is 0 Å². The first kappa shape index (κ1) is 14.0. The van der Waals surface area contributed by atoms with Crippen molar-refractivity contribution in [2.75, 3.05) is 0 Å². The van der Waals surface area contributed by atoms with Crippen molar-refractivity contribution >= 4 is 21.2 Å². The van der Waals surface area contributed by atoms with Crippen LogP contribution in [-0.2, 0) is 15.6 Å². The summed E-state index contributed by atoms with van der Waals surface area (Å²) in [5.41, 5.74) is 0.322. The van der Waals surface area contributed by atoms with Gasteiger partial charge in [0.1, 0.15) is 11.6 Å². The van der Waals surface area contributed by atoms with Crippen molar-refractivity contribution in [3.05, 3.63) is 59.4 Å². The van der Waals surface area contributed by atoms with Crippen molar-refractivity contribution < 1.29 is 17.3 Å². The number of aromatic nitrogens is 1. The minimum Gasteiger partial charge on any atom is -0.355 e. The van der Waals surface area contributed by atoms with Gasteiger partial charge in [-0.2, -0.15) is 0 Å². The van der Waals surface area contributed by atoms with Crippen LogP contribution in [0.2, 0.25) is 0 Å². The minimum atomic E-state index is -3.57. The lowest BCUT2D eigenvalue weighted by atomic mass is 10.3. The van der Waals surface area contributed by atoms with E-state index in [1.807, 2.05) is 17.5 Å². The largest absolute Gasteiger partial charge is 0.355 e. The Morgan fingerprint density at radius 1 is 1.19 bits per heavy atom. The highest BCUT2D eigenvalue weighted by Crippen LogP contribution is 2.26. The number of nitrogens with zero attached hydrogens (tertiary/aromatic N) is 1. The SMILES string of the molecule is O=S(=O)(Cc1cc(-c2cccs2)on1)c1ccc(F)cc1. The van der Waals surface area contributed by atoms with Crippen molar-refractivity contribution in [1.82, 2.24) is 5.16 Å². The molecule has 0 saturated carbocycles. The lowest BCUT2D eigenvalue weighted by Gasteiger charge is -2.01. The number of halogens is 1. The Balaban J connectivity index is 1.84. The summed E-state index contributed by atoms with van der Waals surface area (Å²) in [5.74, 6) is -0.224. The zero-order valence-corrected chi connectivity index (χ0v) is 12.3. The summed E-state index contributed by atoms with van der Waals surface area (Å²) in [6.45, 7) is 0. The average molecular weight is 323 g/mol. The summed E-state index contributed by atoms with van der Waals surface area (Å²) in [4.78, 5) is 0.942. The number of sulfone groups is 1. The maximum Gasteiger partial charge on any atom is 0.184 e. The molecule has 0 atom stereocenters. The molecular formula is C14H10FNO3S2. The Kier molecular flexibility index (Phi) is 3.60. The topological polar surface area (TPSA) is 60.2 Å². The van der Waals surface area contributed by atoms with Crippen LogP contribution in [0.4, 0.5) is 4.39 Å². The van der Waals surface area contributed by atoms with E-state index in [2.05, 4.69) is 5.16 Å². The van der Waals surface area contributed by atoms with Crippen LogP contribution in [0.3, 0.4) is 0 Å². The van der Waals surface area contributed by atoms with Gasteiger partial charge in [0.15, 0.2) is 15.6 Å². The van der Waals surface area contributed by atoms with Crippen molar-refractivity contribution in [2.24, 2.45) is 0 Å². The summed E-state index contributed by atoms with van der Waals surface area (Å²) in [7, 11) is -3.57. The smallest absolute Gasteiger partial charge is 0.184 e. The summed E-state index contributed by atoms with van der Waals surface area (Å²) in [6, 6.07) is 10.1. The third kappa shape index (κ3) is 3.03. The second kappa shape index (κ2) is 5.42. The first-order valence-corrected chi connectivity index (χ1v) is 8.55. The second-order valence-corrected chi connectivity index (χ2v) is 7.31. The highest BCUT2D eigenvalue weighted by molar-refractivity contribution is 7.90. The molecule has 0 unspecified atom stereocenters. The number of hydrogen-bond acceptors (Lipinski definition) is 5. The summed E-state index contributed by atoms with van der Waals surface area (Å²) in [5, 5.41) is 5.67. The van der Waals surface area contributed by atoms with Crippen LogP contribution < -0.4 is 0 Å². The fourth-order valence-corrected chi connectivity index (χ4v) is 3.75. The van der Waals surface area contributed by atoms with E-state index in [4.69, 9.17) is 4.52 Å². The van der Waals surface area contributed by atoms with Gasteiger partial charge >= 0.3 is 0 Å². The van der Waals surface area contributed by atoms with E-state index in [0.717, 1.165) is 17.0 Å². The van der Waals surface area contributed by atoms with Crippen molar-refractivity contribution in [3.63, 3.8) is 0 Å². The fraction of sp³-hybridized carbons (Fsp3) is 0.0714. The van der Waals surface area contributed by atoms with Crippen LogP contribution in [0, 0.1) is 5.82 Å². The molecule has 0 amide bonds. The maximum absolute atomic E-state index is 12.8. The molecule has 21 heavy (non-hydrogen) atoms. The molecule has 1 aromatic carbocycles. The summed E-state index contributed by atoms with van der Waals surface area (Å²) >= 11 is 1.48. The maximum atomic E-state index is 12.8. The standard InChI is InChI=1S/C14H10FNO3S2/c15-10-3-5-12(6-4-10)21(17,18)9-11-8-13(19-16-11)14-2-1-7-20-14/h1-8H,9H2. The first-order chi connectivity index (χ1) is 10.0. The van der Waals surface area contributed by atoms with Gasteiger partial charge in [-0.1, -0.05) is 11.2 Å². The number of rotatable bonds is 4. The van der Waals surface area contributed by atoms with E-state index in [1.54, 1.807) is 6.07 Å². The molecule has 0 fully saturated rings. The third-order valence-corrected chi connectivity index (χ3v) is 5.38. The molecule has 4 nitrogen and oxygen atoms in total. The van der Waals surface area contributed by atoms with Gasteiger partial charge in [-0.3, -0.25) is 0 Å². The van der Waals surface area contributed by atoms with Gasteiger partial charge in [-0.25, -0.2) is 12.8 Å². The molecule has 0 N–H and O–H groups in total. The molecular weight excluding hydrogens is 313 g/mol. The van der Waals surface area contributed by atoms with Crippen molar-refractivity contribution in [1.29, 1.82) is 0 Å². The molecule has 0 bridgehead atoms. The van der Waals surface area contributed by atoms with Gasteiger partial charge in [-0.15, -0.1) is 11.3 Å². The molecule has 7 heteroatoms. The molecule has 3 aromatic rings. The Morgan fingerprint density at radius 2 is 1.95 bits per heavy atom. The van der Waals surface area contributed by atoms with Crippen LogP contribution in [0.15, 0.2) is 57.3 Å². The molecule has 108 valence electrons. The van der Waals surface area contributed by atoms with E-state index in [1.165, 1.54) is 23.5 Å². The van der Waals surface area contributed by atoms with Gasteiger partial charge in [0.05, 0.1) is 15.5 Å². The predicted molar refractivity (Wildman–Crippen MR) is 77.1 cm³/mol. The third-order valence-electron chi connectivity index (χ3n) is 2.83. The Hall–Kier alpha value is -1.99. The van der Waals surface area contributed by atoms with E-state index in [0.29, 0.717) is 11.5 Å². The predicted octanol–water partition coefficient (Wildman–Crippen LogP) is 3.52. The highest BCUT2D eigenvalue weighted by Gasteiger charge is 2.18. The number of thiophene rings is 1. The lowest BCUT2D eigenvalue weighted by Crippen LogP contribution is -2.05. The lowest BCUT2D eigenvalue weighted by molar-refractivity contribution is 0.426. The average Bonchev–Trinajstić information content (AvgIpc) is 3.09. The van der Waals surface area contributed by atoms with Crippen LogP contribution in [0.25, 0.3) is 10.6 Å². The normalized spacial score (nSPS) is 11.7. The van der Waals surface area contributed by atoms with E-state index < -0.39 is 15.7 Å². The summed E-state index contributed by atoms with van der Waals surface area (Å²) < 4.78 is 42.4. The minimum absolute atomic E-state index is 0.0598. The molecule has 0 aliphatic carbocycles. The first-order valence-electron chi connectivity index (χ1n) is 6.02. The van der Waals surface area contributed by atoms with Crippen LogP contribution in [-0.4, -0.2) is 13.6 Å². The molecule has 2 heterocycles. The molecule has 0 saturated heterocycles. The molecule has 3 rings (SSSR count). The van der Waals surface area contributed by atoms with Crippen LogP contribution in [0.1, 0.15) is 5.69 Å².